The highest BCUT2D eigenvalue weighted by Crippen LogP contribution is 2.29. The van der Waals surface area contributed by atoms with Gasteiger partial charge in [0.15, 0.2) is 0 Å². The minimum Gasteiger partial charge on any atom is -0.352 e. The number of nitrogens with one attached hydrogen (secondary N) is 1. The number of halogens is 2. The Morgan fingerprint density at radius 3 is 2.19 bits per heavy atom. The summed E-state index contributed by atoms with van der Waals surface area (Å²) in [7, 11) is -4.17. The second kappa shape index (κ2) is 13.9. The molecule has 10 heteroatoms. The minimum absolute atomic E-state index is 0.0490. The quantitative estimate of drug-likeness (QED) is 0.256. The van der Waals surface area contributed by atoms with Crippen molar-refractivity contribution in [3.05, 3.63) is 93.5 Å². The summed E-state index contributed by atoms with van der Waals surface area (Å²) < 4.78 is 29.1. The largest absolute Gasteiger partial charge is 0.352 e. The van der Waals surface area contributed by atoms with Crippen LogP contribution in [0.15, 0.2) is 71.6 Å². The number of amides is 2. The number of benzene rings is 3. The van der Waals surface area contributed by atoms with Crippen LogP contribution in [0, 0.1) is 13.8 Å². The fourth-order valence-electron chi connectivity index (χ4n) is 5.18. The van der Waals surface area contributed by atoms with Crippen molar-refractivity contribution in [1.29, 1.82) is 0 Å². The topological polar surface area (TPSA) is 86.8 Å². The Balaban J connectivity index is 1.73. The zero-order chi connectivity index (χ0) is 30.4. The summed E-state index contributed by atoms with van der Waals surface area (Å²) in [5.41, 5.74) is 2.71. The third-order valence-corrected chi connectivity index (χ3v) is 10.1. The summed E-state index contributed by atoms with van der Waals surface area (Å²) >= 11 is 12.5. The first-order valence-corrected chi connectivity index (χ1v) is 16.4. The van der Waals surface area contributed by atoms with Crippen LogP contribution in [0.4, 0.5) is 5.69 Å². The maximum atomic E-state index is 14.2. The molecule has 1 atom stereocenters. The van der Waals surface area contributed by atoms with E-state index in [1.54, 1.807) is 54.6 Å². The molecule has 2 amide bonds. The summed E-state index contributed by atoms with van der Waals surface area (Å²) in [4.78, 5) is 29.3. The first-order valence-electron chi connectivity index (χ1n) is 14.2. The van der Waals surface area contributed by atoms with E-state index in [0.717, 1.165) is 46.7 Å². The lowest BCUT2D eigenvalue weighted by molar-refractivity contribution is -0.140. The third-order valence-electron chi connectivity index (χ3n) is 7.68. The van der Waals surface area contributed by atoms with E-state index in [1.165, 1.54) is 17.0 Å². The Morgan fingerprint density at radius 2 is 1.60 bits per heavy atom. The number of aryl methyl sites for hydroxylation is 2. The van der Waals surface area contributed by atoms with Crippen LogP contribution in [0.25, 0.3) is 0 Å². The molecule has 4 rings (SSSR count). The highest BCUT2D eigenvalue weighted by atomic mass is 35.5. The maximum Gasteiger partial charge on any atom is 0.264 e. The van der Waals surface area contributed by atoms with Gasteiger partial charge in [-0.1, -0.05) is 78.9 Å². The fourth-order valence-corrected chi connectivity index (χ4v) is 6.88. The van der Waals surface area contributed by atoms with Gasteiger partial charge >= 0.3 is 0 Å². The van der Waals surface area contributed by atoms with E-state index in [9.17, 15) is 18.0 Å². The molecule has 1 aliphatic rings. The number of carbonyl (C=O) groups is 2. The molecular formula is C32H37Cl2N3O4S. The van der Waals surface area contributed by atoms with Gasteiger partial charge in [0, 0.05) is 22.6 Å². The van der Waals surface area contributed by atoms with Gasteiger partial charge in [-0.05, 0) is 80.6 Å². The number of anilines is 1. The van der Waals surface area contributed by atoms with Crippen molar-refractivity contribution in [3.63, 3.8) is 0 Å². The molecule has 0 radical (unpaired) electrons. The molecule has 1 N–H and O–H groups in total. The van der Waals surface area contributed by atoms with Gasteiger partial charge in [-0.3, -0.25) is 13.9 Å². The molecule has 1 saturated carbocycles. The normalized spacial score (nSPS) is 14.4. The molecule has 224 valence electrons. The van der Waals surface area contributed by atoms with Crippen LogP contribution in [0.3, 0.4) is 0 Å². The predicted molar refractivity (Wildman–Crippen MR) is 168 cm³/mol. The first-order chi connectivity index (χ1) is 20.0. The average molecular weight is 631 g/mol. The van der Waals surface area contributed by atoms with E-state index in [4.69, 9.17) is 23.2 Å². The molecular weight excluding hydrogens is 593 g/mol. The van der Waals surface area contributed by atoms with Gasteiger partial charge in [0.25, 0.3) is 10.0 Å². The van der Waals surface area contributed by atoms with Crippen molar-refractivity contribution >= 4 is 50.7 Å². The highest BCUT2D eigenvalue weighted by Gasteiger charge is 2.34. The van der Waals surface area contributed by atoms with Crippen molar-refractivity contribution < 1.29 is 18.0 Å². The zero-order valence-corrected chi connectivity index (χ0v) is 26.5. The van der Waals surface area contributed by atoms with E-state index in [-0.39, 0.29) is 29.1 Å². The SMILES string of the molecule is CC[C@@H](C(=O)NC1CCCC1)N(Cc1ccc(Cl)cc1)C(=O)CN(c1ccc(C)c(Cl)c1)S(=O)(=O)c1ccc(C)cc1. The molecule has 1 aliphatic carbocycles. The van der Waals surface area contributed by atoms with Gasteiger partial charge in [-0.25, -0.2) is 8.42 Å². The van der Waals surface area contributed by atoms with E-state index in [0.29, 0.717) is 16.5 Å². The second-order valence-electron chi connectivity index (χ2n) is 10.8. The molecule has 0 saturated heterocycles. The zero-order valence-electron chi connectivity index (χ0n) is 24.1. The summed E-state index contributed by atoms with van der Waals surface area (Å²) in [6.07, 6.45) is 4.28. The number of hydrogen-bond donors (Lipinski definition) is 1. The van der Waals surface area contributed by atoms with Gasteiger partial charge in [-0.15, -0.1) is 0 Å². The third kappa shape index (κ3) is 7.65. The van der Waals surface area contributed by atoms with Crippen LogP contribution in [0.1, 0.15) is 55.7 Å². The highest BCUT2D eigenvalue weighted by molar-refractivity contribution is 7.92. The molecule has 3 aromatic rings. The number of hydrogen-bond acceptors (Lipinski definition) is 4. The van der Waals surface area contributed by atoms with Gasteiger partial charge in [0.05, 0.1) is 10.6 Å². The number of nitrogens with zero attached hydrogens (tertiary/aromatic N) is 2. The van der Waals surface area contributed by atoms with Gasteiger partial charge in [0.1, 0.15) is 12.6 Å². The van der Waals surface area contributed by atoms with E-state index < -0.39 is 28.5 Å². The van der Waals surface area contributed by atoms with Crippen LogP contribution in [-0.2, 0) is 26.2 Å². The second-order valence-corrected chi connectivity index (χ2v) is 13.5. The van der Waals surface area contributed by atoms with Crippen molar-refractivity contribution in [2.75, 3.05) is 10.8 Å². The number of rotatable bonds is 11. The van der Waals surface area contributed by atoms with Crippen LogP contribution in [0.2, 0.25) is 10.0 Å². The van der Waals surface area contributed by atoms with E-state index in [1.807, 2.05) is 20.8 Å². The van der Waals surface area contributed by atoms with Crippen LogP contribution < -0.4 is 9.62 Å². The molecule has 42 heavy (non-hydrogen) atoms. The molecule has 3 aromatic carbocycles. The Labute approximate surface area is 258 Å². The van der Waals surface area contributed by atoms with Gasteiger partial charge < -0.3 is 10.2 Å². The molecule has 0 spiro atoms. The Kier molecular flexibility index (Phi) is 10.6. The van der Waals surface area contributed by atoms with Gasteiger partial charge in [0.2, 0.25) is 11.8 Å². The summed E-state index contributed by atoms with van der Waals surface area (Å²) in [5.74, 6) is -0.746. The smallest absolute Gasteiger partial charge is 0.264 e. The molecule has 0 unspecified atom stereocenters. The summed E-state index contributed by atoms with van der Waals surface area (Å²) in [5, 5.41) is 4.05. The van der Waals surface area contributed by atoms with Crippen molar-refractivity contribution in [3.8, 4) is 0 Å². The monoisotopic (exact) mass is 629 g/mol. The standard InChI is InChI=1S/C32H37Cl2N3O4S/c1-4-30(32(39)35-26-7-5-6-8-26)36(20-24-12-14-25(33)15-13-24)31(38)21-37(27-16-11-23(3)29(34)19-27)42(40,41)28-17-9-22(2)10-18-28/h9-19,26,30H,4-8,20-21H2,1-3H3,(H,35,39)/t30-/m0/s1. The molecule has 0 heterocycles. The lowest BCUT2D eigenvalue weighted by atomic mass is 10.1. The van der Waals surface area contributed by atoms with Gasteiger partial charge in [-0.2, -0.15) is 0 Å². The first kappa shape index (κ1) is 31.9. The van der Waals surface area contributed by atoms with Crippen LogP contribution in [0.5, 0.6) is 0 Å². The maximum absolute atomic E-state index is 14.2. The summed E-state index contributed by atoms with van der Waals surface area (Å²) in [6.45, 7) is 5.13. The fraction of sp³-hybridized carbons (Fsp3) is 0.375. The lowest BCUT2D eigenvalue weighted by Crippen LogP contribution is -2.53. The molecule has 7 nitrogen and oxygen atoms in total. The predicted octanol–water partition coefficient (Wildman–Crippen LogP) is 6.67. The summed E-state index contributed by atoms with van der Waals surface area (Å²) in [6, 6.07) is 17.7. The van der Waals surface area contributed by atoms with Crippen LogP contribution in [-0.4, -0.2) is 43.8 Å². The molecule has 0 aromatic heterocycles. The minimum atomic E-state index is -4.17. The Bertz CT molecular complexity index is 1510. The van der Waals surface area contributed by atoms with E-state index in [2.05, 4.69) is 5.32 Å². The molecule has 0 aliphatic heterocycles. The van der Waals surface area contributed by atoms with Crippen LogP contribution >= 0.6 is 23.2 Å². The molecule has 1 fully saturated rings. The van der Waals surface area contributed by atoms with Crippen molar-refractivity contribution in [2.45, 2.75) is 76.4 Å². The number of sulfonamides is 1. The Morgan fingerprint density at radius 1 is 0.952 bits per heavy atom. The van der Waals surface area contributed by atoms with E-state index >= 15 is 0 Å². The number of carbonyl (C=O) groups excluding carboxylic acids is 2. The van der Waals surface area contributed by atoms with Crippen molar-refractivity contribution in [1.82, 2.24) is 10.2 Å². The van der Waals surface area contributed by atoms with Crippen molar-refractivity contribution in [2.24, 2.45) is 0 Å². The average Bonchev–Trinajstić information content (AvgIpc) is 3.47. The Hall–Kier alpha value is -3.07. The lowest BCUT2D eigenvalue weighted by Gasteiger charge is -2.34. The molecule has 0 bridgehead atoms.